The van der Waals surface area contributed by atoms with Crippen LogP contribution in [0.3, 0.4) is 0 Å². The topological polar surface area (TPSA) is 54.3 Å². The van der Waals surface area contributed by atoms with Gasteiger partial charge in [0.1, 0.15) is 11.6 Å². The Kier molecular flexibility index (Phi) is 3.96. The van der Waals surface area contributed by atoms with E-state index >= 15 is 0 Å². The Morgan fingerprint density at radius 1 is 1.11 bits per heavy atom. The number of amides is 2. The van der Waals surface area contributed by atoms with Crippen LogP contribution in [-0.2, 0) is 13.1 Å². The molecule has 0 aliphatic heterocycles. The summed E-state index contributed by atoms with van der Waals surface area (Å²) in [7, 11) is 0. The van der Waals surface area contributed by atoms with Crippen molar-refractivity contribution in [3.05, 3.63) is 59.8 Å². The molecule has 0 bridgehead atoms. The largest absolute Gasteiger partial charge is 0.467 e. The lowest BCUT2D eigenvalue weighted by molar-refractivity contribution is 0.239. The summed E-state index contributed by atoms with van der Waals surface area (Å²) < 4.78 is 17.7. The van der Waals surface area contributed by atoms with Gasteiger partial charge in [-0.2, -0.15) is 0 Å². The van der Waals surface area contributed by atoms with E-state index in [1.807, 2.05) is 0 Å². The molecule has 2 rings (SSSR count). The van der Waals surface area contributed by atoms with E-state index in [1.165, 1.54) is 12.1 Å². The number of rotatable bonds is 4. The van der Waals surface area contributed by atoms with Crippen molar-refractivity contribution in [2.45, 2.75) is 13.1 Å². The van der Waals surface area contributed by atoms with Crippen molar-refractivity contribution in [3.63, 3.8) is 0 Å². The third-order valence-electron chi connectivity index (χ3n) is 2.37. The van der Waals surface area contributed by atoms with E-state index < -0.39 is 0 Å². The Morgan fingerprint density at radius 2 is 1.83 bits per heavy atom. The van der Waals surface area contributed by atoms with E-state index in [0.717, 1.165) is 5.56 Å². The number of benzene rings is 1. The standard InChI is InChI=1S/C13H13FN2O2/c14-11-5-3-10(4-6-11)8-15-13(17)16-9-12-2-1-7-18-12/h1-7H,8-9H2,(H2,15,16,17). The fraction of sp³-hybridized carbons (Fsp3) is 0.154. The molecule has 0 unspecified atom stereocenters. The van der Waals surface area contributed by atoms with Gasteiger partial charge in [-0.3, -0.25) is 0 Å². The maximum atomic E-state index is 12.7. The number of carbonyl (C=O) groups is 1. The summed E-state index contributed by atoms with van der Waals surface area (Å²) in [4.78, 5) is 11.4. The molecular weight excluding hydrogens is 235 g/mol. The molecule has 0 aliphatic carbocycles. The van der Waals surface area contributed by atoms with Crippen LogP contribution in [0, 0.1) is 5.82 Å². The van der Waals surface area contributed by atoms with Crippen LogP contribution in [0.25, 0.3) is 0 Å². The van der Waals surface area contributed by atoms with E-state index in [-0.39, 0.29) is 11.8 Å². The van der Waals surface area contributed by atoms with E-state index in [9.17, 15) is 9.18 Å². The molecule has 94 valence electrons. The number of carbonyl (C=O) groups excluding carboxylic acids is 1. The van der Waals surface area contributed by atoms with E-state index in [2.05, 4.69) is 10.6 Å². The quantitative estimate of drug-likeness (QED) is 0.873. The molecular formula is C13H13FN2O2. The highest BCUT2D eigenvalue weighted by molar-refractivity contribution is 5.73. The first-order valence-corrected chi connectivity index (χ1v) is 5.52. The zero-order valence-corrected chi connectivity index (χ0v) is 9.65. The maximum Gasteiger partial charge on any atom is 0.315 e. The van der Waals surface area contributed by atoms with Crippen molar-refractivity contribution in [1.82, 2.24) is 10.6 Å². The molecule has 1 aromatic carbocycles. The second-order valence-electron chi connectivity index (χ2n) is 3.74. The third kappa shape index (κ3) is 3.62. The van der Waals surface area contributed by atoms with Crippen LogP contribution in [0.2, 0.25) is 0 Å². The van der Waals surface area contributed by atoms with Gasteiger partial charge in [0.25, 0.3) is 0 Å². The Balaban J connectivity index is 1.73. The van der Waals surface area contributed by atoms with Crippen molar-refractivity contribution in [2.75, 3.05) is 0 Å². The molecule has 1 heterocycles. The molecule has 0 saturated carbocycles. The van der Waals surface area contributed by atoms with Crippen molar-refractivity contribution in [2.24, 2.45) is 0 Å². The van der Waals surface area contributed by atoms with Crippen LogP contribution in [0.5, 0.6) is 0 Å². The summed E-state index contributed by atoms with van der Waals surface area (Å²) in [5.41, 5.74) is 0.838. The number of hydrogen-bond acceptors (Lipinski definition) is 2. The van der Waals surface area contributed by atoms with Crippen LogP contribution < -0.4 is 10.6 Å². The van der Waals surface area contributed by atoms with Crippen LogP contribution in [0.15, 0.2) is 47.1 Å². The van der Waals surface area contributed by atoms with Gasteiger partial charge in [0.15, 0.2) is 0 Å². The Morgan fingerprint density at radius 3 is 2.50 bits per heavy atom. The van der Waals surface area contributed by atoms with Crippen LogP contribution in [0.4, 0.5) is 9.18 Å². The summed E-state index contributed by atoms with van der Waals surface area (Å²) in [6, 6.07) is 9.21. The minimum atomic E-state index is -0.296. The van der Waals surface area contributed by atoms with Gasteiger partial charge in [0.2, 0.25) is 0 Å². The van der Waals surface area contributed by atoms with Crippen molar-refractivity contribution in [3.8, 4) is 0 Å². The second kappa shape index (κ2) is 5.86. The zero-order chi connectivity index (χ0) is 12.8. The van der Waals surface area contributed by atoms with Crippen molar-refractivity contribution < 1.29 is 13.6 Å². The molecule has 2 aromatic rings. The van der Waals surface area contributed by atoms with E-state index in [0.29, 0.717) is 18.8 Å². The maximum absolute atomic E-state index is 12.7. The first-order valence-electron chi connectivity index (χ1n) is 5.52. The number of halogens is 1. The Labute approximate surface area is 104 Å². The van der Waals surface area contributed by atoms with Crippen molar-refractivity contribution >= 4 is 6.03 Å². The Hall–Kier alpha value is -2.30. The van der Waals surface area contributed by atoms with Gasteiger partial charge in [-0.1, -0.05) is 12.1 Å². The summed E-state index contributed by atoms with van der Waals surface area (Å²) in [6.45, 7) is 0.687. The van der Waals surface area contributed by atoms with Gasteiger partial charge in [-0.05, 0) is 29.8 Å². The fourth-order valence-corrected chi connectivity index (χ4v) is 1.43. The van der Waals surface area contributed by atoms with Gasteiger partial charge in [0.05, 0.1) is 12.8 Å². The smallest absolute Gasteiger partial charge is 0.315 e. The molecule has 1 aromatic heterocycles. The molecule has 0 atom stereocenters. The first kappa shape index (κ1) is 12.2. The predicted octanol–water partition coefficient (Wildman–Crippen LogP) is 2.42. The molecule has 18 heavy (non-hydrogen) atoms. The van der Waals surface area contributed by atoms with E-state index in [4.69, 9.17) is 4.42 Å². The third-order valence-corrected chi connectivity index (χ3v) is 2.37. The lowest BCUT2D eigenvalue weighted by Crippen LogP contribution is -2.34. The normalized spacial score (nSPS) is 10.1. The average Bonchev–Trinajstić information content (AvgIpc) is 2.89. The number of furan rings is 1. The van der Waals surface area contributed by atoms with Crippen LogP contribution >= 0.6 is 0 Å². The highest BCUT2D eigenvalue weighted by Gasteiger charge is 2.02. The zero-order valence-electron chi connectivity index (χ0n) is 9.65. The summed E-state index contributed by atoms with van der Waals surface area (Å²) in [5, 5.41) is 5.32. The minimum Gasteiger partial charge on any atom is -0.467 e. The number of urea groups is 1. The first-order chi connectivity index (χ1) is 8.74. The summed E-state index contributed by atoms with van der Waals surface area (Å²) in [5.74, 6) is 0.396. The highest BCUT2D eigenvalue weighted by Crippen LogP contribution is 2.02. The van der Waals surface area contributed by atoms with Gasteiger partial charge in [0, 0.05) is 6.54 Å². The average molecular weight is 248 g/mol. The molecule has 0 fully saturated rings. The minimum absolute atomic E-state index is 0.291. The monoisotopic (exact) mass is 248 g/mol. The van der Waals surface area contributed by atoms with Gasteiger partial charge in [-0.15, -0.1) is 0 Å². The van der Waals surface area contributed by atoms with Crippen LogP contribution in [-0.4, -0.2) is 6.03 Å². The molecule has 0 radical (unpaired) electrons. The molecule has 2 amide bonds. The Bertz CT molecular complexity index is 494. The number of hydrogen-bond donors (Lipinski definition) is 2. The molecule has 5 heteroatoms. The SMILES string of the molecule is O=C(NCc1ccc(F)cc1)NCc1ccco1. The predicted molar refractivity (Wildman–Crippen MR) is 64.2 cm³/mol. The molecule has 0 saturated heterocycles. The van der Waals surface area contributed by atoms with Crippen LogP contribution in [0.1, 0.15) is 11.3 Å². The molecule has 2 N–H and O–H groups in total. The lowest BCUT2D eigenvalue weighted by Gasteiger charge is -2.06. The summed E-state index contributed by atoms with van der Waals surface area (Å²) >= 11 is 0. The molecule has 0 spiro atoms. The van der Waals surface area contributed by atoms with Gasteiger partial charge < -0.3 is 15.1 Å². The number of nitrogens with one attached hydrogen (secondary N) is 2. The van der Waals surface area contributed by atoms with Crippen molar-refractivity contribution in [1.29, 1.82) is 0 Å². The fourth-order valence-electron chi connectivity index (χ4n) is 1.43. The molecule has 4 nitrogen and oxygen atoms in total. The summed E-state index contributed by atoms with van der Waals surface area (Å²) in [6.07, 6.45) is 1.55. The lowest BCUT2D eigenvalue weighted by atomic mass is 10.2. The second-order valence-corrected chi connectivity index (χ2v) is 3.74. The van der Waals surface area contributed by atoms with Gasteiger partial charge >= 0.3 is 6.03 Å². The van der Waals surface area contributed by atoms with E-state index in [1.54, 1.807) is 30.5 Å². The highest BCUT2D eigenvalue weighted by atomic mass is 19.1. The molecule has 0 aliphatic rings. The van der Waals surface area contributed by atoms with Gasteiger partial charge in [-0.25, -0.2) is 9.18 Å².